The Morgan fingerprint density at radius 3 is 2.49 bits per heavy atom. The highest BCUT2D eigenvalue weighted by atomic mass is 35.5. The SMILES string of the molecule is CC(/C=C/c1cc2cc(Cl)ccc2n1-c1ccc(C(F)(F)F)cc1)=C1CCC1.CC[C@@H](C)c1cccc2c1CC(O)CN2. The monoisotopic (exact) mass is 606 g/mol. The van der Waals surface area contributed by atoms with Crippen LogP contribution in [0.25, 0.3) is 22.7 Å². The number of fused-ring (bicyclic) bond motifs is 2. The number of allylic oxidation sites excluding steroid dienone is 3. The van der Waals surface area contributed by atoms with E-state index in [1.54, 1.807) is 6.07 Å². The molecule has 6 rings (SSSR count). The standard InChI is InChI=1S/C23H19ClF3N.C13H19NO/c1-15(16-3-2-4-16)5-9-21-14-17-13-19(24)8-12-22(17)28(21)20-10-6-18(7-11-20)23(25,26)27;1-3-9(2)11-5-4-6-13-12(11)7-10(15)8-14-13/h5-14H,2-4H2,1H3;4-6,9-10,14-15H,3,7-8H2,1-2H3/b9-5+;/t;9-,10?/m.1/s1. The first-order valence-electron chi connectivity index (χ1n) is 14.9. The normalized spacial score (nSPS) is 17.1. The molecular formula is C36H38ClF3N2O. The summed E-state index contributed by atoms with van der Waals surface area (Å²) in [7, 11) is 0. The molecule has 0 saturated heterocycles. The third-order valence-corrected chi connectivity index (χ3v) is 8.82. The molecule has 0 bridgehead atoms. The van der Waals surface area contributed by atoms with Crippen molar-refractivity contribution in [3.63, 3.8) is 0 Å². The zero-order chi connectivity index (χ0) is 30.7. The number of β-amino-alcohol motifs (C(OH)–C–C–N with tert-alkyl or cyclic N) is 1. The predicted octanol–water partition coefficient (Wildman–Crippen LogP) is 10.3. The summed E-state index contributed by atoms with van der Waals surface area (Å²) in [4.78, 5) is 0. The molecule has 2 N–H and O–H groups in total. The van der Waals surface area contributed by atoms with Gasteiger partial charge in [0.05, 0.1) is 17.2 Å². The molecule has 1 aromatic heterocycles. The van der Waals surface area contributed by atoms with Crippen molar-refractivity contribution >= 4 is 34.3 Å². The first-order chi connectivity index (χ1) is 20.5. The van der Waals surface area contributed by atoms with Gasteiger partial charge >= 0.3 is 6.18 Å². The van der Waals surface area contributed by atoms with E-state index in [2.05, 4.69) is 50.4 Å². The van der Waals surface area contributed by atoms with Crippen molar-refractivity contribution < 1.29 is 18.3 Å². The van der Waals surface area contributed by atoms with Crippen LogP contribution in [0.3, 0.4) is 0 Å². The van der Waals surface area contributed by atoms with Gasteiger partial charge in [0.1, 0.15) is 0 Å². The van der Waals surface area contributed by atoms with Crippen molar-refractivity contribution in [2.45, 2.75) is 71.1 Å². The lowest BCUT2D eigenvalue weighted by atomic mass is 9.88. The molecule has 0 amide bonds. The van der Waals surface area contributed by atoms with Crippen molar-refractivity contribution in [3.8, 4) is 5.69 Å². The van der Waals surface area contributed by atoms with Gasteiger partial charge in [-0.05, 0) is 110 Å². The second-order valence-corrected chi connectivity index (χ2v) is 12.0. The van der Waals surface area contributed by atoms with E-state index in [9.17, 15) is 18.3 Å². The number of aromatic nitrogens is 1. The minimum Gasteiger partial charge on any atom is -0.391 e. The third-order valence-electron chi connectivity index (χ3n) is 8.59. The van der Waals surface area contributed by atoms with Gasteiger partial charge in [-0.15, -0.1) is 0 Å². The number of anilines is 1. The minimum atomic E-state index is -4.35. The number of alkyl halides is 3. The lowest BCUT2D eigenvalue weighted by Crippen LogP contribution is -2.28. The van der Waals surface area contributed by atoms with Crippen molar-refractivity contribution in [2.75, 3.05) is 11.9 Å². The predicted molar refractivity (Wildman–Crippen MR) is 172 cm³/mol. The molecule has 1 saturated carbocycles. The van der Waals surface area contributed by atoms with Gasteiger partial charge < -0.3 is 15.0 Å². The van der Waals surface area contributed by atoms with E-state index in [-0.39, 0.29) is 6.10 Å². The van der Waals surface area contributed by atoms with Crippen LogP contribution in [0.4, 0.5) is 18.9 Å². The number of rotatable bonds is 5. The first kappa shape index (κ1) is 31.0. The largest absolute Gasteiger partial charge is 0.416 e. The molecule has 3 nitrogen and oxygen atoms in total. The maximum atomic E-state index is 12.9. The summed E-state index contributed by atoms with van der Waals surface area (Å²) in [6.07, 6.45) is 5.00. The van der Waals surface area contributed by atoms with E-state index in [4.69, 9.17) is 11.6 Å². The second-order valence-electron chi connectivity index (χ2n) is 11.5. The van der Waals surface area contributed by atoms with E-state index >= 15 is 0 Å². The van der Waals surface area contributed by atoms with Crippen LogP contribution in [0.15, 0.2) is 84.0 Å². The van der Waals surface area contributed by atoms with Gasteiger partial charge in [-0.3, -0.25) is 0 Å². The summed E-state index contributed by atoms with van der Waals surface area (Å²) < 4.78 is 40.7. The molecule has 43 heavy (non-hydrogen) atoms. The quantitative estimate of drug-likeness (QED) is 0.237. The fraction of sp³-hybridized carbons (Fsp3) is 0.333. The Bertz CT molecular complexity index is 1640. The molecule has 226 valence electrons. The summed E-state index contributed by atoms with van der Waals surface area (Å²) in [6.45, 7) is 7.23. The van der Waals surface area contributed by atoms with E-state index in [0.717, 1.165) is 54.4 Å². The smallest absolute Gasteiger partial charge is 0.391 e. The van der Waals surface area contributed by atoms with Gasteiger partial charge in [0.2, 0.25) is 0 Å². The average molecular weight is 607 g/mol. The van der Waals surface area contributed by atoms with Crippen molar-refractivity contribution in [2.24, 2.45) is 0 Å². The van der Waals surface area contributed by atoms with Gasteiger partial charge in [0.25, 0.3) is 0 Å². The van der Waals surface area contributed by atoms with Crippen LogP contribution in [0.2, 0.25) is 5.02 Å². The van der Waals surface area contributed by atoms with Gasteiger partial charge in [0.15, 0.2) is 0 Å². The lowest BCUT2D eigenvalue weighted by molar-refractivity contribution is -0.137. The molecule has 1 fully saturated rings. The number of nitrogens with one attached hydrogen (secondary N) is 1. The number of hydrogen-bond donors (Lipinski definition) is 2. The number of aliphatic hydroxyl groups excluding tert-OH is 1. The third kappa shape index (κ3) is 7.02. The van der Waals surface area contributed by atoms with E-state index < -0.39 is 11.7 Å². The second kappa shape index (κ2) is 13.0. The average Bonchev–Trinajstić information content (AvgIpc) is 3.31. The summed E-state index contributed by atoms with van der Waals surface area (Å²) >= 11 is 6.13. The molecule has 3 aromatic carbocycles. The lowest BCUT2D eigenvalue weighted by Gasteiger charge is -2.26. The molecule has 7 heteroatoms. The molecule has 0 spiro atoms. The van der Waals surface area contributed by atoms with E-state index in [1.807, 2.05) is 28.8 Å². The highest BCUT2D eigenvalue weighted by molar-refractivity contribution is 6.31. The molecular weight excluding hydrogens is 569 g/mol. The highest BCUT2D eigenvalue weighted by Crippen LogP contribution is 2.34. The van der Waals surface area contributed by atoms with Crippen molar-refractivity contribution in [1.82, 2.24) is 4.57 Å². The fourth-order valence-corrected chi connectivity index (χ4v) is 5.89. The Morgan fingerprint density at radius 2 is 1.84 bits per heavy atom. The summed E-state index contributed by atoms with van der Waals surface area (Å²) in [5.41, 5.74) is 8.46. The van der Waals surface area contributed by atoms with Crippen LogP contribution in [0.5, 0.6) is 0 Å². The summed E-state index contributed by atoms with van der Waals surface area (Å²) in [5.74, 6) is 0.576. The molecule has 4 aromatic rings. The number of nitrogens with zero attached hydrogens (tertiary/aromatic N) is 1. The van der Waals surface area contributed by atoms with Crippen LogP contribution < -0.4 is 5.32 Å². The van der Waals surface area contributed by atoms with Gasteiger partial charge in [0, 0.05) is 40.4 Å². The van der Waals surface area contributed by atoms with Crippen LogP contribution in [-0.2, 0) is 12.6 Å². The number of aliphatic hydroxyl groups is 1. The zero-order valence-electron chi connectivity index (χ0n) is 24.8. The molecule has 2 aliphatic rings. The Kier molecular flexibility index (Phi) is 9.38. The van der Waals surface area contributed by atoms with Gasteiger partial charge in [-0.2, -0.15) is 13.2 Å². The Balaban J connectivity index is 0.000000207. The Labute approximate surface area is 256 Å². The van der Waals surface area contributed by atoms with Gasteiger partial charge in [-0.25, -0.2) is 0 Å². The maximum absolute atomic E-state index is 12.9. The number of benzene rings is 3. The molecule has 2 heterocycles. The van der Waals surface area contributed by atoms with E-state index in [1.165, 1.54) is 46.5 Å². The molecule has 1 aliphatic heterocycles. The highest BCUT2D eigenvalue weighted by Gasteiger charge is 2.30. The maximum Gasteiger partial charge on any atom is 0.416 e. The van der Waals surface area contributed by atoms with Crippen LogP contribution in [-0.4, -0.2) is 22.3 Å². The Hall–Kier alpha value is -3.48. The first-order valence-corrected chi connectivity index (χ1v) is 15.3. The van der Waals surface area contributed by atoms with E-state index in [0.29, 0.717) is 23.2 Å². The number of hydrogen-bond acceptors (Lipinski definition) is 2. The fourth-order valence-electron chi connectivity index (χ4n) is 5.71. The van der Waals surface area contributed by atoms with Crippen molar-refractivity contribution in [1.29, 1.82) is 0 Å². The Morgan fingerprint density at radius 1 is 1.09 bits per heavy atom. The summed E-state index contributed by atoms with van der Waals surface area (Å²) in [5, 5.41) is 14.5. The zero-order valence-corrected chi connectivity index (χ0v) is 25.6. The van der Waals surface area contributed by atoms with Gasteiger partial charge in [-0.1, -0.05) is 54.8 Å². The minimum absolute atomic E-state index is 0.234. The topological polar surface area (TPSA) is 37.2 Å². The summed E-state index contributed by atoms with van der Waals surface area (Å²) in [6, 6.07) is 19.2. The van der Waals surface area contributed by atoms with Crippen LogP contribution in [0, 0.1) is 0 Å². The van der Waals surface area contributed by atoms with Crippen LogP contribution >= 0.6 is 11.6 Å². The van der Waals surface area contributed by atoms with Crippen LogP contribution in [0.1, 0.15) is 74.8 Å². The molecule has 1 unspecified atom stereocenters. The van der Waals surface area contributed by atoms with Crippen molar-refractivity contribution in [3.05, 3.63) is 111 Å². The molecule has 2 atom stereocenters. The molecule has 1 aliphatic carbocycles. The number of halogens is 4. The molecule has 0 radical (unpaired) electrons.